The van der Waals surface area contributed by atoms with E-state index in [0.717, 1.165) is 32.1 Å². The molecule has 21 heavy (non-hydrogen) atoms. The molecule has 0 spiro atoms. The molecule has 0 aromatic rings. The molecule has 6 nitrogen and oxygen atoms in total. The van der Waals surface area contributed by atoms with Crippen LogP contribution >= 0.6 is 7.60 Å². The van der Waals surface area contributed by atoms with Crippen molar-refractivity contribution in [3.63, 3.8) is 0 Å². The molecule has 0 aromatic heterocycles. The Morgan fingerprint density at radius 2 is 1.43 bits per heavy atom. The van der Waals surface area contributed by atoms with Crippen molar-refractivity contribution in [2.45, 2.75) is 51.9 Å². The number of carbonyl (C=O) groups excluding carboxylic acids is 2. The molecule has 0 saturated carbocycles. The Bertz CT molecular complexity index is 347. The fourth-order valence-corrected chi connectivity index (χ4v) is 2.85. The van der Waals surface area contributed by atoms with Crippen LogP contribution in [0.1, 0.15) is 51.9 Å². The summed E-state index contributed by atoms with van der Waals surface area (Å²) in [6.07, 6.45) is 5.08. The molecule has 124 valence electrons. The van der Waals surface area contributed by atoms with Crippen molar-refractivity contribution in [2.75, 3.05) is 27.0 Å². The van der Waals surface area contributed by atoms with E-state index in [9.17, 15) is 14.2 Å². The molecule has 0 aliphatic carbocycles. The highest BCUT2D eigenvalue weighted by atomic mass is 31.2. The molecule has 0 radical (unpaired) electrons. The number of rotatable bonds is 13. The predicted octanol–water partition coefficient (Wildman–Crippen LogP) is 3.34. The third-order valence-electron chi connectivity index (χ3n) is 3.07. The van der Waals surface area contributed by atoms with Crippen LogP contribution in [0.5, 0.6) is 0 Å². The van der Waals surface area contributed by atoms with Gasteiger partial charge >= 0.3 is 13.6 Å². The lowest BCUT2D eigenvalue weighted by molar-refractivity contribution is -0.143. The molecule has 0 N–H and O–H groups in total. The molecule has 0 aromatic carbocycles. The smallest absolute Gasteiger partial charge is 0.337 e. The lowest BCUT2D eigenvalue weighted by Gasteiger charge is -2.12. The Balaban J connectivity index is 3.57. The molecule has 0 aliphatic heterocycles. The molecular formula is C14H27O6P. The Morgan fingerprint density at radius 3 is 1.95 bits per heavy atom. The first-order valence-electron chi connectivity index (χ1n) is 7.35. The number of unbranched alkanes of at least 4 members (excludes halogenated alkanes) is 4. The molecule has 0 atom stereocenters. The number of hydrogen-bond acceptors (Lipinski definition) is 6. The third kappa shape index (κ3) is 10.6. The van der Waals surface area contributed by atoms with Gasteiger partial charge in [-0.1, -0.05) is 19.3 Å². The lowest BCUT2D eigenvalue weighted by atomic mass is 10.1. The van der Waals surface area contributed by atoms with Crippen LogP contribution < -0.4 is 0 Å². The molecule has 0 aliphatic rings. The van der Waals surface area contributed by atoms with E-state index in [-0.39, 0.29) is 17.9 Å². The first-order chi connectivity index (χ1) is 9.97. The summed E-state index contributed by atoms with van der Waals surface area (Å²) in [4.78, 5) is 22.7. The molecule has 0 amide bonds. The second-order valence-corrected chi connectivity index (χ2v) is 7.01. The van der Waals surface area contributed by atoms with Crippen molar-refractivity contribution < 1.29 is 27.9 Å². The molecule has 0 fully saturated rings. The molecule has 0 heterocycles. The van der Waals surface area contributed by atoms with Gasteiger partial charge in [-0.3, -0.25) is 14.2 Å². The van der Waals surface area contributed by atoms with E-state index in [0.29, 0.717) is 19.4 Å². The van der Waals surface area contributed by atoms with E-state index in [2.05, 4.69) is 0 Å². The van der Waals surface area contributed by atoms with Gasteiger partial charge in [-0.2, -0.15) is 0 Å². The number of ether oxygens (including phenoxy) is 1. The van der Waals surface area contributed by atoms with Crippen molar-refractivity contribution in [1.82, 2.24) is 0 Å². The first-order valence-corrected chi connectivity index (χ1v) is 9.08. The minimum absolute atomic E-state index is 0.103. The topological polar surface area (TPSA) is 78.9 Å². The van der Waals surface area contributed by atoms with Crippen molar-refractivity contribution >= 4 is 19.3 Å². The quantitative estimate of drug-likeness (QED) is 0.294. The minimum atomic E-state index is -3.22. The van der Waals surface area contributed by atoms with Crippen molar-refractivity contribution in [1.29, 1.82) is 0 Å². The van der Waals surface area contributed by atoms with Crippen LogP contribution in [-0.4, -0.2) is 38.7 Å². The lowest BCUT2D eigenvalue weighted by Crippen LogP contribution is -2.07. The van der Waals surface area contributed by atoms with Crippen LogP contribution in [0.15, 0.2) is 0 Å². The zero-order chi connectivity index (χ0) is 16.1. The Labute approximate surface area is 127 Å². The highest BCUT2D eigenvalue weighted by Gasteiger charge is 2.24. The van der Waals surface area contributed by atoms with Gasteiger partial charge in [0.2, 0.25) is 0 Å². The van der Waals surface area contributed by atoms with Crippen molar-refractivity contribution in [3.05, 3.63) is 0 Å². The summed E-state index contributed by atoms with van der Waals surface area (Å²) in [5, 5.41) is 0. The summed E-state index contributed by atoms with van der Waals surface area (Å²) in [7, 11) is -0.664. The second kappa shape index (κ2) is 11.9. The highest BCUT2D eigenvalue weighted by Crippen LogP contribution is 2.46. The van der Waals surface area contributed by atoms with Gasteiger partial charge in [0, 0.05) is 27.1 Å². The largest absolute Gasteiger partial charge is 0.466 e. The average molecular weight is 322 g/mol. The molecular weight excluding hydrogens is 295 g/mol. The Hall–Kier alpha value is -0.710. The van der Waals surface area contributed by atoms with Crippen LogP contribution in [0.25, 0.3) is 0 Å². The summed E-state index contributed by atoms with van der Waals surface area (Å²) in [6, 6.07) is 0. The maximum Gasteiger partial charge on any atom is 0.337 e. The summed E-state index contributed by atoms with van der Waals surface area (Å²) in [6.45, 7) is 2.22. The van der Waals surface area contributed by atoms with E-state index < -0.39 is 7.60 Å². The van der Waals surface area contributed by atoms with Crippen molar-refractivity contribution in [3.8, 4) is 0 Å². The van der Waals surface area contributed by atoms with Gasteiger partial charge in [-0.25, -0.2) is 0 Å². The van der Waals surface area contributed by atoms with Gasteiger partial charge in [-0.15, -0.1) is 0 Å². The zero-order valence-electron chi connectivity index (χ0n) is 13.3. The van der Waals surface area contributed by atoms with Gasteiger partial charge < -0.3 is 13.8 Å². The van der Waals surface area contributed by atoms with E-state index >= 15 is 0 Å². The van der Waals surface area contributed by atoms with E-state index in [4.69, 9.17) is 13.8 Å². The van der Waals surface area contributed by atoms with E-state index in [1.165, 1.54) is 14.2 Å². The van der Waals surface area contributed by atoms with Crippen LogP contribution in [0.4, 0.5) is 0 Å². The monoisotopic (exact) mass is 322 g/mol. The van der Waals surface area contributed by atoms with E-state index in [1.807, 2.05) is 0 Å². The number of ketones is 1. The SMILES string of the molecule is CCOC(=O)CCCCCCCC(=O)CP(=O)(OC)OC. The number of Topliss-reactive ketones (excluding diaryl/α,β-unsaturated/α-hetero) is 1. The van der Waals surface area contributed by atoms with Gasteiger partial charge in [0.25, 0.3) is 0 Å². The highest BCUT2D eigenvalue weighted by molar-refractivity contribution is 7.54. The van der Waals surface area contributed by atoms with Gasteiger partial charge in [0.05, 0.1) is 6.61 Å². The number of carbonyl (C=O) groups is 2. The van der Waals surface area contributed by atoms with Crippen molar-refractivity contribution in [2.24, 2.45) is 0 Å². The van der Waals surface area contributed by atoms with E-state index in [1.54, 1.807) is 6.92 Å². The first kappa shape index (κ1) is 20.3. The average Bonchev–Trinajstić information content (AvgIpc) is 2.46. The molecule has 7 heteroatoms. The van der Waals surface area contributed by atoms with Crippen LogP contribution in [0.3, 0.4) is 0 Å². The van der Waals surface area contributed by atoms with Crippen LogP contribution in [-0.2, 0) is 27.9 Å². The maximum absolute atomic E-state index is 11.7. The molecule has 0 unspecified atom stereocenters. The van der Waals surface area contributed by atoms with Gasteiger partial charge in [-0.05, 0) is 19.8 Å². The minimum Gasteiger partial charge on any atom is -0.466 e. The zero-order valence-corrected chi connectivity index (χ0v) is 14.2. The fraction of sp³-hybridized carbons (Fsp3) is 0.857. The fourth-order valence-electron chi connectivity index (χ4n) is 1.85. The summed E-state index contributed by atoms with van der Waals surface area (Å²) in [5.41, 5.74) is 0. The molecule has 0 saturated heterocycles. The predicted molar refractivity (Wildman–Crippen MR) is 80.5 cm³/mol. The van der Waals surface area contributed by atoms with Gasteiger partial charge in [0.15, 0.2) is 0 Å². The normalized spacial score (nSPS) is 11.4. The molecule has 0 rings (SSSR count). The number of esters is 1. The maximum atomic E-state index is 11.7. The van der Waals surface area contributed by atoms with Crippen LogP contribution in [0.2, 0.25) is 0 Å². The summed E-state index contributed by atoms with van der Waals surface area (Å²) < 4.78 is 26.0. The van der Waals surface area contributed by atoms with Gasteiger partial charge in [0.1, 0.15) is 11.9 Å². The second-order valence-electron chi connectivity index (χ2n) is 4.75. The van der Waals surface area contributed by atoms with Crippen LogP contribution in [0, 0.1) is 0 Å². The molecule has 0 bridgehead atoms. The Kier molecular flexibility index (Phi) is 11.5. The Morgan fingerprint density at radius 1 is 0.905 bits per heavy atom. The summed E-state index contributed by atoms with van der Waals surface area (Å²) in [5.74, 6) is -0.254. The number of hydrogen-bond donors (Lipinski definition) is 0. The standard InChI is InChI=1S/C14H27O6P/c1-4-20-14(16)11-9-7-5-6-8-10-13(15)12-21(17,18-2)19-3/h4-12H2,1-3H3. The third-order valence-corrected chi connectivity index (χ3v) is 4.92. The summed E-state index contributed by atoms with van der Waals surface area (Å²) >= 11 is 0.